The van der Waals surface area contributed by atoms with E-state index in [1.54, 1.807) is 24.4 Å². The summed E-state index contributed by atoms with van der Waals surface area (Å²) >= 11 is 0. The Bertz CT molecular complexity index is 2440. The van der Waals surface area contributed by atoms with Crippen molar-refractivity contribution in [2.75, 3.05) is 49.5 Å². The topological polar surface area (TPSA) is 163 Å². The summed E-state index contributed by atoms with van der Waals surface area (Å²) < 4.78 is 62.3. The summed E-state index contributed by atoms with van der Waals surface area (Å²) in [5.41, 5.74) is 3.86. The number of piperazine rings is 1. The average molecular weight is 874 g/mol. The molecule has 2 aliphatic carbocycles. The number of sulfonamides is 1. The molecule has 1 saturated heterocycles. The van der Waals surface area contributed by atoms with Crippen LogP contribution in [0.15, 0.2) is 89.1 Å². The zero-order valence-electron chi connectivity index (χ0n) is 35.7. The summed E-state index contributed by atoms with van der Waals surface area (Å²) in [4.78, 5) is 37.0. The zero-order valence-corrected chi connectivity index (χ0v) is 36.5. The normalized spacial score (nSPS) is 19.7. The standard InChI is InChI=1S/C46H57F2N7O6S/c1-30-5-8-32(9-6-30)27-50-40-14-12-38(25-41(40)55(57)58)62(59,60)52-45(56)39-13-11-36(24-42(39)61-37-23-33-16-18-49-44(33)51-28-37)54-21-19-53(20-22-54)29-35-15-17-46(3,4)26-34(35)10-7-31(2)43(47)48/h11-14,16,18,23-25,28,30,32,43,50H,2,5-10,15,17,19-22,26-27,29H2,1,3-4H3,(H,49,51)(H,52,56)/t30-,32+. The van der Waals surface area contributed by atoms with Crippen LogP contribution < -0.4 is 19.7 Å². The van der Waals surface area contributed by atoms with E-state index in [1.165, 1.54) is 35.5 Å². The number of nitro benzene ring substituents is 1. The van der Waals surface area contributed by atoms with Crippen molar-refractivity contribution in [3.8, 4) is 11.5 Å². The van der Waals surface area contributed by atoms with Crippen molar-refractivity contribution in [1.82, 2.24) is 19.6 Å². The summed E-state index contributed by atoms with van der Waals surface area (Å²) in [5.74, 6) is 0.487. The molecule has 4 aromatic rings. The van der Waals surface area contributed by atoms with Crippen molar-refractivity contribution in [2.24, 2.45) is 17.3 Å². The molecule has 16 heteroatoms. The number of alkyl halides is 2. The van der Waals surface area contributed by atoms with Crippen LogP contribution in [0.5, 0.6) is 11.5 Å². The summed E-state index contributed by atoms with van der Waals surface area (Å²) in [6.45, 7) is 14.4. The minimum Gasteiger partial charge on any atom is -0.455 e. The highest BCUT2D eigenvalue weighted by Crippen LogP contribution is 2.41. The fraction of sp³-hybridized carbons (Fsp3) is 0.478. The van der Waals surface area contributed by atoms with E-state index in [9.17, 15) is 32.1 Å². The molecule has 2 fully saturated rings. The van der Waals surface area contributed by atoms with Crippen molar-refractivity contribution >= 4 is 44.0 Å². The van der Waals surface area contributed by atoms with Crippen LogP contribution in [0.25, 0.3) is 11.0 Å². The number of anilines is 2. The molecule has 2 aromatic carbocycles. The highest BCUT2D eigenvalue weighted by Gasteiger charge is 2.30. The number of aromatic amines is 1. The smallest absolute Gasteiger partial charge is 0.293 e. The van der Waals surface area contributed by atoms with Crippen molar-refractivity contribution in [1.29, 1.82) is 0 Å². The molecule has 332 valence electrons. The van der Waals surface area contributed by atoms with Crippen molar-refractivity contribution in [3.63, 3.8) is 0 Å². The molecule has 0 unspecified atom stereocenters. The van der Waals surface area contributed by atoms with Gasteiger partial charge < -0.3 is 19.9 Å². The maximum Gasteiger partial charge on any atom is 0.293 e. The number of carbonyl (C=O) groups excluding carboxylic acids is 1. The Morgan fingerprint density at radius 3 is 2.55 bits per heavy atom. The Hall–Kier alpha value is -5.35. The third-order valence-electron chi connectivity index (χ3n) is 12.7. The van der Waals surface area contributed by atoms with Gasteiger partial charge in [0.1, 0.15) is 22.8 Å². The number of carbonyl (C=O) groups is 1. The number of hydrogen-bond donors (Lipinski definition) is 3. The monoisotopic (exact) mass is 873 g/mol. The Morgan fingerprint density at radius 2 is 1.82 bits per heavy atom. The Morgan fingerprint density at radius 1 is 1.06 bits per heavy atom. The number of ether oxygens (including phenoxy) is 1. The molecular formula is C46H57F2N7O6S. The second-order valence-electron chi connectivity index (χ2n) is 18.0. The van der Waals surface area contributed by atoms with Crippen molar-refractivity contribution in [3.05, 3.63) is 99.9 Å². The van der Waals surface area contributed by atoms with Gasteiger partial charge in [0, 0.05) is 68.7 Å². The number of amides is 1. The maximum atomic E-state index is 13.9. The first-order valence-electron chi connectivity index (χ1n) is 21.5. The molecule has 13 nitrogen and oxygen atoms in total. The first kappa shape index (κ1) is 44.7. The average Bonchev–Trinajstić information content (AvgIpc) is 3.71. The fourth-order valence-electron chi connectivity index (χ4n) is 8.85. The number of aromatic nitrogens is 2. The molecule has 3 aliphatic rings. The van der Waals surface area contributed by atoms with Crippen LogP contribution in [0, 0.1) is 27.4 Å². The number of fused-ring (bicyclic) bond motifs is 1. The van der Waals surface area contributed by atoms with Crippen LogP contribution in [0.2, 0.25) is 0 Å². The van der Waals surface area contributed by atoms with Gasteiger partial charge in [0.15, 0.2) is 0 Å². The number of benzene rings is 2. The fourth-order valence-corrected chi connectivity index (χ4v) is 9.84. The minimum atomic E-state index is -4.57. The second-order valence-corrected chi connectivity index (χ2v) is 19.7. The van der Waals surface area contributed by atoms with Crippen molar-refractivity contribution < 1.29 is 31.7 Å². The van der Waals surface area contributed by atoms with Gasteiger partial charge >= 0.3 is 0 Å². The lowest BCUT2D eigenvalue weighted by atomic mass is 9.73. The molecule has 7 rings (SSSR count). The summed E-state index contributed by atoms with van der Waals surface area (Å²) in [6.07, 6.45) is 8.73. The molecule has 1 saturated carbocycles. The first-order chi connectivity index (χ1) is 29.5. The lowest BCUT2D eigenvalue weighted by molar-refractivity contribution is -0.384. The summed E-state index contributed by atoms with van der Waals surface area (Å²) in [6, 6.07) is 12.1. The number of hydrogen-bond acceptors (Lipinski definition) is 10. The molecule has 0 spiro atoms. The molecule has 3 heterocycles. The molecule has 0 bridgehead atoms. The van der Waals surface area contributed by atoms with E-state index in [4.69, 9.17) is 4.74 Å². The number of allylic oxidation sites excluding steroid dienone is 2. The van der Waals surface area contributed by atoms with E-state index in [0.717, 1.165) is 81.7 Å². The van der Waals surface area contributed by atoms with E-state index in [0.29, 0.717) is 49.3 Å². The van der Waals surface area contributed by atoms with E-state index >= 15 is 0 Å². The number of nitrogens with zero attached hydrogens (tertiary/aromatic N) is 4. The van der Waals surface area contributed by atoms with Crippen LogP contribution >= 0.6 is 0 Å². The van der Waals surface area contributed by atoms with Gasteiger partial charge in [0.25, 0.3) is 28.0 Å². The molecule has 1 amide bonds. The number of halogens is 2. The third kappa shape index (κ3) is 11.0. The molecule has 1 aliphatic heterocycles. The number of nitrogens with one attached hydrogen (secondary N) is 3. The zero-order chi connectivity index (χ0) is 44.2. The van der Waals surface area contributed by atoms with Gasteiger partial charge in [-0.1, -0.05) is 51.3 Å². The Kier molecular flexibility index (Phi) is 13.7. The van der Waals surface area contributed by atoms with E-state index < -0.39 is 37.9 Å². The minimum absolute atomic E-state index is 0.0212. The highest BCUT2D eigenvalue weighted by molar-refractivity contribution is 7.90. The van der Waals surface area contributed by atoms with Gasteiger partial charge in [-0.05, 0) is 104 Å². The summed E-state index contributed by atoms with van der Waals surface area (Å²) in [7, 11) is -4.57. The van der Waals surface area contributed by atoms with E-state index in [2.05, 4.69) is 57.2 Å². The Balaban J connectivity index is 1.07. The first-order valence-corrected chi connectivity index (χ1v) is 23.0. The van der Waals surface area contributed by atoms with E-state index in [1.807, 2.05) is 6.07 Å². The number of nitro groups is 1. The molecule has 3 N–H and O–H groups in total. The highest BCUT2D eigenvalue weighted by atomic mass is 32.2. The largest absolute Gasteiger partial charge is 0.455 e. The molecule has 0 atom stereocenters. The predicted molar refractivity (Wildman–Crippen MR) is 238 cm³/mol. The summed E-state index contributed by atoms with van der Waals surface area (Å²) in [5, 5.41) is 16.0. The quantitative estimate of drug-likeness (QED) is 0.0561. The van der Waals surface area contributed by atoms with Crippen LogP contribution in [0.3, 0.4) is 0 Å². The van der Waals surface area contributed by atoms with Crippen LogP contribution in [0.1, 0.15) is 88.9 Å². The molecule has 2 aromatic heterocycles. The van der Waals surface area contributed by atoms with Gasteiger partial charge in [-0.15, -0.1) is 0 Å². The Labute approximate surface area is 362 Å². The third-order valence-corrected chi connectivity index (χ3v) is 14.1. The lowest BCUT2D eigenvalue weighted by Gasteiger charge is -2.39. The maximum absolute atomic E-state index is 13.9. The van der Waals surface area contributed by atoms with Crippen LogP contribution in [0.4, 0.5) is 25.8 Å². The predicted octanol–water partition coefficient (Wildman–Crippen LogP) is 9.85. The number of pyridine rings is 1. The van der Waals surface area contributed by atoms with Crippen LogP contribution in [-0.2, 0) is 10.0 Å². The van der Waals surface area contributed by atoms with Gasteiger partial charge in [-0.25, -0.2) is 26.9 Å². The van der Waals surface area contributed by atoms with Crippen LogP contribution in [-0.4, -0.2) is 79.8 Å². The van der Waals surface area contributed by atoms with Gasteiger partial charge in [-0.2, -0.15) is 0 Å². The number of H-pyrrole nitrogens is 1. The van der Waals surface area contributed by atoms with E-state index in [-0.39, 0.29) is 34.4 Å². The lowest BCUT2D eigenvalue weighted by Crippen LogP contribution is -2.47. The molecular weight excluding hydrogens is 817 g/mol. The van der Waals surface area contributed by atoms with Gasteiger partial charge in [0.2, 0.25) is 0 Å². The second kappa shape index (κ2) is 19.0. The molecule has 0 radical (unpaired) electrons. The SMILES string of the molecule is C=C(CCC1=C(CN2CCN(c3ccc(C(=O)NS(=O)(=O)c4ccc(NC[C@H]5CC[C@@H](C)CC5)c([N+](=O)[O-])c4)c(Oc4cnc5[nH]ccc5c4)c3)CC2)CCC(C)(C)C1)C(F)F. The van der Waals surface area contributed by atoms with Gasteiger partial charge in [0.05, 0.1) is 21.6 Å². The van der Waals surface area contributed by atoms with Gasteiger partial charge in [-0.3, -0.25) is 19.8 Å². The molecule has 62 heavy (non-hydrogen) atoms. The number of rotatable bonds is 16. The van der Waals surface area contributed by atoms with Crippen molar-refractivity contribution in [2.45, 2.75) is 89.9 Å².